The number of carbonyl (C=O) groups is 2. The Hall–Kier alpha value is -1.90. The van der Waals surface area contributed by atoms with E-state index in [1.165, 1.54) is 11.8 Å². The minimum Gasteiger partial charge on any atom is -0.550 e. The van der Waals surface area contributed by atoms with Crippen molar-refractivity contribution in [2.45, 2.75) is 39.5 Å². The number of carboxylic acids is 1. The highest BCUT2D eigenvalue weighted by Crippen LogP contribution is 2.34. The number of nitrogens with zero attached hydrogens (tertiary/aromatic N) is 2. The van der Waals surface area contributed by atoms with Crippen LogP contribution in [0.4, 0.5) is 0 Å². The van der Waals surface area contributed by atoms with E-state index in [9.17, 15) is 14.7 Å². The molecule has 1 amide bonds. The van der Waals surface area contributed by atoms with Crippen molar-refractivity contribution in [3.8, 4) is 5.69 Å². The number of benzene rings is 1. The number of aromatic nitrogens is 1. The third-order valence-electron chi connectivity index (χ3n) is 4.98. The number of rotatable bonds is 8. The summed E-state index contributed by atoms with van der Waals surface area (Å²) < 4.78 is 3.74. The number of thioether (sulfide) groups is 1. The highest BCUT2D eigenvalue weighted by atomic mass is 79.9. The summed E-state index contributed by atoms with van der Waals surface area (Å²) in [6, 6.07) is 10.2. The normalized spacial score (nSPS) is 15.4. The first-order valence-corrected chi connectivity index (χ1v) is 11.7. The zero-order valence-electron chi connectivity index (χ0n) is 16.8. The number of hydrogen-bond acceptors (Lipinski definition) is 5. The van der Waals surface area contributed by atoms with Gasteiger partial charge in [0.2, 0.25) is 0 Å². The molecule has 1 aromatic carbocycles. The molecule has 0 saturated carbocycles. The fraction of sp³-hybridized carbons (Fsp3) is 0.318. The predicted octanol–water partition coefficient (Wildman–Crippen LogP) is 4.37. The van der Waals surface area contributed by atoms with E-state index in [2.05, 4.69) is 26.6 Å². The van der Waals surface area contributed by atoms with Crippen LogP contribution in [0.2, 0.25) is 0 Å². The average Bonchev–Trinajstić information content (AvgIpc) is 3.11. The molecule has 2 heterocycles. The zero-order valence-corrected chi connectivity index (χ0v) is 20.0. The van der Waals surface area contributed by atoms with Crippen LogP contribution in [-0.4, -0.2) is 32.2 Å². The van der Waals surface area contributed by atoms with Crippen molar-refractivity contribution in [1.29, 1.82) is 0 Å². The van der Waals surface area contributed by atoms with E-state index in [0.717, 1.165) is 33.5 Å². The summed E-state index contributed by atoms with van der Waals surface area (Å²) in [7, 11) is 0. The minimum absolute atomic E-state index is 0.0479. The summed E-state index contributed by atoms with van der Waals surface area (Å²) in [6.45, 7) is 4.59. The minimum atomic E-state index is -1.04. The summed E-state index contributed by atoms with van der Waals surface area (Å²) in [5.74, 6) is -1.12. The van der Waals surface area contributed by atoms with Gasteiger partial charge in [-0.15, -0.1) is 0 Å². The third-order valence-corrected chi connectivity index (χ3v) is 6.88. The molecule has 1 aliphatic heterocycles. The van der Waals surface area contributed by atoms with Crippen molar-refractivity contribution in [2.24, 2.45) is 0 Å². The van der Waals surface area contributed by atoms with Crippen LogP contribution in [0.3, 0.4) is 0 Å². The monoisotopic (exact) mass is 505 g/mol. The Morgan fingerprint density at radius 1 is 1.20 bits per heavy atom. The van der Waals surface area contributed by atoms with Gasteiger partial charge in [-0.25, -0.2) is 0 Å². The van der Waals surface area contributed by atoms with Crippen molar-refractivity contribution in [2.75, 3.05) is 6.54 Å². The standard InChI is InChI=1S/C22H23BrN2O3S2/c1-14-12-16(15(2)25(14)18-9-7-17(23)8-10-18)13-19-21(28)24(22(29)30-19)11-5-3-4-6-20(26)27/h7-10,12-13H,3-6,11H2,1-2H3,(H,26,27)/p-1/b19-13+. The van der Waals surface area contributed by atoms with Crippen molar-refractivity contribution in [3.63, 3.8) is 0 Å². The van der Waals surface area contributed by atoms with Gasteiger partial charge < -0.3 is 14.5 Å². The number of aliphatic carboxylic acids is 1. The van der Waals surface area contributed by atoms with Crippen LogP contribution in [0.1, 0.15) is 42.6 Å². The Labute approximate surface area is 194 Å². The number of halogens is 1. The van der Waals surface area contributed by atoms with Crippen LogP contribution in [0, 0.1) is 13.8 Å². The van der Waals surface area contributed by atoms with Crippen LogP contribution in [0.15, 0.2) is 39.7 Å². The smallest absolute Gasteiger partial charge is 0.266 e. The van der Waals surface area contributed by atoms with E-state index in [-0.39, 0.29) is 12.3 Å². The molecular weight excluding hydrogens is 484 g/mol. The maximum atomic E-state index is 12.8. The Morgan fingerprint density at radius 3 is 2.57 bits per heavy atom. The molecule has 0 radical (unpaired) electrons. The fourth-order valence-electron chi connectivity index (χ4n) is 3.47. The molecule has 2 aromatic rings. The van der Waals surface area contributed by atoms with Crippen LogP contribution >= 0.6 is 39.9 Å². The molecule has 1 aliphatic rings. The highest BCUT2D eigenvalue weighted by Gasteiger charge is 2.31. The van der Waals surface area contributed by atoms with Gasteiger partial charge in [0.1, 0.15) is 4.32 Å². The molecule has 8 heteroatoms. The summed E-state index contributed by atoms with van der Waals surface area (Å²) in [4.78, 5) is 25.5. The molecule has 3 rings (SSSR count). The number of aryl methyl sites for hydroxylation is 1. The van der Waals surface area contributed by atoms with Gasteiger partial charge in [0, 0.05) is 34.1 Å². The first kappa shape index (κ1) is 22.8. The number of carbonyl (C=O) groups excluding carboxylic acids is 2. The zero-order chi connectivity index (χ0) is 21.8. The molecule has 158 valence electrons. The van der Waals surface area contributed by atoms with Gasteiger partial charge in [0.25, 0.3) is 5.91 Å². The van der Waals surface area contributed by atoms with E-state index in [4.69, 9.17) is 12.2 Å². The highest BCUT2D eigenvalue weighted by molar-refractivity contribution is 9.10. The van der Waals surface area contributed by atoms with Gasteiger partial charge in [-0.1, -0.05) is 46.3 Å². The molecular formula is C22H22BrN2O3S2-. The Balaban J connectivity index is 1.73. The molecule has 0 spiro atoms. The molecule has 0 unspecified atom stereocenters. The second-order valence-electron chi connectivity index (χ2n) is 7.15. The fourth-order valence-corrected chi connectivity index (χ4v) is 5.04. The molecule has 5 nitrogen and oxygen atoms in total. The van der Waals surface area contributed by atoms with E-state index < -0.39 is 5.97 Å². The Morgan fingerprint density at radius 2 is 1.90 bits per heavy atom. The maximum Gasteiger partial charge on any atom is 0.266 e. The first-order valence-electron chi connectivity index (χ1n) is 9.68. The summed E-state index contributed by atoms with van der Waals surface area (Å²) in [5.41, 5.74) is 4.20. The van der Waals surface area contributed by atoms with Crippen LogP contribution < -0.4 is 5.11 Å². The number of hydrogen-bond donors (Lipinski definition) is 0. The number of carboxylic acid groups (broad SMARTS) is 1. The van der Waals surface area contributed by atoms with Gasteiger partial charge in [-0.2, -0.15) is 0 Å². The van der Waals surface area contributed by atoms with Crippen molar-refractivity contribution in [1.82, 2.24) is 9.47 Å². The third kappa shape index (κ3) is 5.22. The Bertz CT molecular complexity index is 1010. The van der Waals surface area contributed by atoms with Gasteiger partial charge in [-0.3, -0.25) is 9.69 Å². The largest absolute Gasteiger partial charge is 0.550 e. The summed E-state index contributed by atoms with van der Waals surface area (Å²) in [5, 5.41) is 10.5. The molecule has 1 fully saturated rings. The lowest BCUT2D eigenvalue weighted by Gasteiger charge is -2.14. The number of amides is 1. The lowest BCUT2D eigenvalue weighted by atomic mass is 10.2. The molecule has 0 aliphatic carbocycles. The molecule has 0 bridgehead atoms. The molecule has 30 heavy (non-hydrogen) atoms. The van der Waals surface area contributed by atoms with Gasteiger partial charge in [0.15, 0.2) is 0 Å². The number of thiocarbonyl (C=S) groups is 1. The lowest BCUT2D eigenvalue weighted by Crippen LogP contribution is -2.29. The topological polar surface area (TPSA) is 65.4 Å². The van der Waals surface area contributed by atoms with Crippen molar-refractivity contribution >= 4 is 62.2 Å². The molecule has 0 N–H and O–H groups in total. The summed E-state index contributed by atoms with van der Waals surface area (Å²) in [6.07, 6.45) is 3.94. The van der Waals surface area contributed by atoms with Crippen LogP contribution in [-0.2, 0) is 9.59 Å². The average molecular weight is 506 g/mol. The summed E-state index contributed by atoms with van der Waals surface area (Å²) >= 11 is 10.2. The van der Waals surface area contributed by atoms with Gasteiger partial charge >= 0.3 is 0 Å². The van der Waals surface area contributed by atoms with Crippen molar-refractivity contribution in [3.05, 3.63) is 56.7 Å². The SMILES string of the molecule is Cc1cc(/C=C2/SC(=S)N(CCCCCC(=O)[O-])C2=O)c(C)n1-c1ccc(Br)cc1. The Kier molecular flexibility index (Phi) is 7.55. The van der Waals surface area contributed by atoms with E-state index in [0.29, 0.717) is 28.6 Å². The van der Waals surface area contributed by atoms with E-state index in [1.807, 2.05) is 44.2 Å². The van der Waals surface area contributed by atoms with Gasteiger partial charge in [-0.05, 0) is 75.1 Å². The van der Waals surface area contributed by atoms with Crippen LogP contribution in [0.5, 0.6) is 0 Å². The van der Waals surface area contributed by atoms with E-state index in [1.54, 1.807) is 4.90 Å². The van der Waals surface area contributed by atoms with Gasteiger partial charge in [0.05, 0.1) is 4.91 Å². The predicted molar refractivity (Wildman–Crippen MR) is 126 cm³/mol. The first-order chi connectivity index (χ1) is 14.3. The lowest BCUT2D eigenvalue weighted by molar-refractivity contribution is -0.305. The van der Waals surface area contributed by atoms with E-state index >= 15 is 0 Å². The second-order valence-corrected chi connectivity index (χ2v) is 9.75. The van der Waals surface area contributed by atoms with Crippen LogP contribution in [0.25, 0.3) is 11.8 Å². The second kappa shape index (κ2) is 9.94. The molecule has 1 saturated heterocycles. The van der Waals surface area contributed by atoms with Crippen molar-refractivity contribution < 1.29 is 14.7 Å². The molecule has 1 aromatic heterocycles. The number of unbranched alkanes of at least 4 members (excludes halogenated alkanes) is 2. The quantitative estimate of drug-likeness (QED) is 0.302. The molecule has 0 atom stereocenters. The maximum absolute atomic E-state index is 12.8.